The van der Waals surface area contributed by atoms with E-state index in [0.29, 0.717) is 0 Å². The van der Waals surface area contributed by atoms with Crippen LogP contribution in [0, 0.1) is 0 Å². The lowest BCUT2D eigenvalue weighted by Crippen LogP contribution is -2.06. The minimum Gasteiger partial charge on any atom is -0.389 e. The Balaban J connectivity index is 2.39. The molecule has 1 rings (SSSR count). The molecule has 0 aliphatic heterocycles. The summed E-state index contributed by atoms with van der Waals surface area (Å²) in [5.74, 6) is 0. The minimum absolute atomic E-state index is 0.116. The quantitative estimate of drug-likeness (QED) is 0.406. The second kappa shape index (κ2) is 0.830. The first-order valence-corrected chi connectivity index (χ1v) is 1.74. The fourth-order valence-corrected chi connectivity index (χ4v) is 0.258. The van der Waals surface area contributed by atoms with Crippen molar-refractivity contribution in [3.05, 3.63) is 12.2 Å². The fraction of sp³-hybridized carbons (Fsp3) is 0.500. The zero-order valence-corrected chi connectivity index (χ0v) is 2.89. The van der Waals surface area contributed by atoms with Crippen molar-refractivity contribution in [2.75, 3.05) is 0 Å². The van der Waals surface area contributed by atoms with Crippen LogP contribution in [0.4, 0.5) is 0 Å². The highest BCUT2D eigenvalue weighted by Crippen LogP contribution is 2.04. The summed E-state index contributed by atoms with van der Waals surface area (Å²) in [7, 11) is 0. The van der Waals surface area contributed by atoms with Crippen LogP contribution in [0.3, 0.4) is 0 Å². The SMILES string of the molecule is O[C@H]1C=CC1. The summed E-state index contributed by atoms with van der Waals surface area (Å²) in [6, 6.07) is 0. The van der Waals surface area contributed by atoms with E-state index in [1.807, 2.05) is 6.08 Å². The van der Waals surface area contributed by atoms with Crippen LogP contribution in [0.25, 0.3) is 0 Å². The summed E-state index contributed by atoms with van der Waals surface area (Å²) in [4.78, 5) is 0. The molecular weight excluding hydrogens is 64.0 g/mol. The summed E-state index contributed by atoms with van der Waals surface area (Å²) in [6.45, 7) is 0. The number of aliphatic hydroxyl groups excluding tert-OH is 1. The Kier molecular flexibility index (Phi) is 0.484. The van der Waals surface area contributed by atoms with Crippen LogP contribution in [-0.4, -0.2) is 11.2 Å². The third-order valence-electron chi connectivity index (χ3n) is 0.736. The van der Waals surface area contributed by atoms with Gasteiger partial charge in [0, 0.05) is 0 Å². The second-order valence-electron chi connectivity index (χ2n) is 1.23. The van der Waals surface area contributed by atoms with Gasteiger partial charge in [-0.2, -0.15) is 0 Å². The Hall–Kier alpha value is -0.300. The van der Waals surface area contributed by atoms with Gasteiger partial charge < -0.3 is 5.11 Å². The highest BCUT2D eigenvalue weighted by atomic mass is 16.3. The first-order chi connectivity index (χ1) is 2.39. The molecule has 0 aromatic rings. The lowest BCUT2D eigenvalue weighted by molar-refractivity contribution is 0.210. The van der Waals surface area contributed by atoms with E-state index in [4.69, 9.17) is 5.11 Å². The monoisotopic (exact) mass is 70.0 g/mol. The van der Waals surface area contributed by atoms with Crippen LogP contribution >= 0.6 is 0 Å². The second-order valence-corrected chi connectivity index (χ2v) is 1.23. The largest absolute Gasteiger partial charge is 0.389 e. The molecule has 28 valence electrons. The number of hydrogen-bond donors (Lipinski definition) is 1. The molecule has 0 radical (unpaired) electrons. The molecule has 0 spiro atoms. The Labute approximate surface area is 30.9 Å². The summed E-state index contributed by atoms with van der Waals surface area (Å²) >= 11 is 0. The van der Waals surface area contributed by atoms with Gasteiger partial charge in [0.25, 0.3) is 0 Å². The third kappa shape index (κ3) is 0.329. The molecule has 0 aromatic carbocycles. The van der Waals surface area contributed by atoms with E-state index in [2.05, 4.69) is 0 Å². The highest BCUT2D eigenvalue weighted by Gasteiger charge is 2.00. The third-order valence-corrected chi connectivity index (χ3v) is 0.736. The lowest BCUT2D eigenvalue weighted by Gasteiger charge is -2.06. The lowest BCUT2D eigenvalue weighted by atomic mass is 10.1. The predicted octanol–water partition coefficient (Wildman–Crippen LogP) is 0.307. The molecule has 0 unspecified atom stereocenters. The zero-order chi connectivity index (χ0) is 3.70. The van der Waals surface area contributed by atoms with Crippen molar-refractivity contribution in [2.24, 2.45) is 0 Å². The molecule has 1 heteroatoms. The van der Waals surface area contributed by atoms with Crippen molar-refractivity contribution in [2.45, 2.75) is 12.5 Å². The maximum absolute atomic E-state index is 8.36. The molecule has 0 saturated heterocycles. The summed E-state index contributed by atoms with van der Waals surface area (Å²) in [5, 5.41) is 8.36. The standard InChI is InChI=1S/C4H6O/c5-4-2-1-3-4/h1-2,4-5H,3H2/t4-/m0/s1. The van der Waals surface area contributed by atoms with E-state index in [1.165, 1.54) is 0 Å². The van der Waals surface area contributed by atoms with Gasteiger partial charge in [0.2, 0.25) is 0 Å². The predicted molar refractivity (Wildman–Crippen MR) is 19.8 cm³/mol. The molecule has 0 fully saturated rings. The van der Waals surface area contributed by atoms with Crippen molar-refractivity contribution < 1.29 is 5.11 Å². The van der Waals surface area contributed by atoms with Crippen molar-refractivity contribution >= 4 is 0 Å². The van der Waals surface area contributed by atoms with Gasteiger partial charge in [-0.1, -0.05) is 12.2 Å². The molecule has 0 amide bonds. The maximum Gasteiger partial charge on any atom is 0.0755 e. The van der Waals surface area contributed by atoms with E-state index in [1.54, 1.807) is 6.08 Å². The van der Waals surface area contributed by atoms with Gasteiger partial charge >= 0.3 is 0 Å². The van der Waals surface area contributed by atoms with Crippen molar-refractivity contribution in [3.8, 4) is 0 Å². The van der Waals surface area contributed by atoms with Gasteiger partial charge in [-0.3, -0.25) is 0 Å². The number of hydrogen-bond acceptors (Lipinski definition) is 1. The molecule has 1 N–H and O–H groups in total. The normalized spacial score (nSPS) is 33.4. The average Bonchev–Trinajstić information content (AvgIpc) is 1.30. The van der Waals surface area contributed by atoms with Crippen LogP contribution in [0.1, 0.15) is 6.42 Å². The van der Waals surface area contributed by atoms with Gasteiger partial charge in [-0.05, 0) is 6.42 Å². The van der Waals surface area contributed by atoms with Crippen LogP contribution in [0.2, 0.25) is 0 Å². The topological polar surface area (TPSA) is 20.2 Å². The first-order valence-electron chi connectivity index (χ1n) is 1.74. The maximum atomic E-state index is 8.36. The smallest absolute Gasteiger partial charge is 0.0755 e. The van der Waals surface area contributed by atoms with Gasteiger partial charge in [0.05, 0.1) is 6.10 Å². The molecule has 0 saturated carbocycles. The summed E-state index contributed by atoms with van der Waals surface area (Å²) < 4.78 is 0. The summed E-state index contributed by atoms with van der Waals surface area (Å²) in [5.41, 5.74) is 0. The Morgan fingerprint density at radius 3 is 2.20 bits per heavy atom. The Morgan fingerprint density at radius 1 is 1.80 bits per heavy atom. The molecule has 1 atom stereocenters. The van der Waals surface area contributed by atoms with Crippen molar-refractivity contribution in [3.63, 3.8) is 0 Å². The zero-order valence-electron chi connectivity index (χ0n) is 2.89. The number of aliphatic hydroxyl groups is 1. The number of rotatable bonds is 0. The van der Waals surface area contributed by atoms with Crippen LogP contribution in [0.5, 0.6) is 0 Å². The van der Waals surface area contributed by atoms with E-state index in [9.17, 15) is 0 Å². The van der Waals surface area contributed by atoms with Gasteiger partial charge in [0.1, 0.15) is 0 Å². The summed E-state index contributed by atoms with van der Waals surface area (Å²) in [6.07, 6.45) is 4.47. The molecule has 1 nitrogen and oxygen atoms in total. The first kappa shape index (κ1) is 2.91. The van der Waals surface area contributed by atoms with Crippen molar-refractivity contribution in [1.82, 2.24) is 0 Å². The van der Waals surface area contributed by atoms with E-state index in [-0.39, 0.29) is 6.10 Å². The van der Waals surface area contributed by atoms with E-state index >= 15 is 0 Å². The average molecular weight is 70.1 g/mol. The van der Waals surface area contributed by atoms with Crippen LogP contribution in [-0.2, 0) is 0 Å². The Bertz CT molecular complexity index is 56.7. The van der Waals surface area contributed by atoms with Crippen molar-refractivity contribution in [1.29, 1.82) is 0 Å². The highest BCUT2D eigenvalue weighted by molar-refractivity contribution is 5.02. The molecule has 1 aliphatic rings. The molecule has 0 aromatic heterocycles. The molecular formula is C4H6O. The van der Waals surface area contributed by atoms with E-state index in [0.717, 1.165) is 6.42 Å². The fourth-order valence-electron chi connectivity index (χ4n) is 0.258. The Morgan fingerprint density at radius 2 is 2.20 bits per heavy atom. The molecule has 5 heavy (non-hydrogen) atoms. The van der Waals surface area contributed by atoms with Gasteiger partial charge in [-0.15, -0.1) is 0 Å². The minimum atomic E-state index is -0.116. The van der Waals surface area contributed by atoms with Crippen LogP contribution < -0.4 is 0 Å². The van der Waals surface area contributed by atoms with Crippen LogP contribution in [0.15, 0.2) is 12.2 Å². The molecule has 0 heterocycles. The molecule has 0 bridgehead atoms. The van der Waals surface area contributed by atoms with E-state index < -0.39 is 0 Å². The van der Waals surface area contributed by atoms with Gasteiger partial charge in [-0.25, -0.2) is 0 Å². The molecule has 1 aliphatic carbocycles. The van der Waals surface area contributed by atoms with Gasteiger partial charge in [0.15, 0.2) is 0 Å².